The molecule has 1 unspecified atom stereocenters. The highest BCUT2D eigenvalue weighted by atomic mass is 16.5. The molecule has 0 saturated carbocycles. The van der Waals surface area contributed by atoms with E-state index in [0.29, 0.717) is 17.9 Å². The Labute approximate surface area is 89.2 Å². The highest BCUT2D eigenvalue weighted by molar-refractivity contribution is 5.99. The predicted octanol–water partition coefficient (Wildman–Crippen LogP) is 1.70. The Kier molecular flexibility index (Phi) is 4.24. The van der Waals surface area contributed by atoms with Gasteiger partial charge < -0.3 is 9.47 Å². The third kappa shape index (κ3) is 3.02. The van der Waals surface area contributed by atoms with Crippen molar-refractivity contribution in [2.24, 2.45) is 0 Å². The first-order valence-corrected chi connectivity index (χ1v) is 4.84. The second-order valence-electron chi connectivity index (χ2n) is 3.08. The molecule has 0 aliphatic rings. The minimum atomic E-state index is -0.455. The fourth-order valence-corrected chi connectivity index (χ4v) is 1.14. The van der Waals surface area contributed by atoms with E-state index in [2.05, 4.69) is 4.98 Å². The Morgan fingerprint density at radius 3 is 2.87 bits per heavy atom. The Morgan fingerprint density at radius 2 is 2.27 bits per heavy atom. The average Bonchev–Trinajstić information content (AvgIpc) is 2.28. The fourth-order valence-electron chi connectivity index (χ4n) is 1.14. The first-order chi connectivity index (χ1) is 7.19. The van der Waals surface area contributed by atoms with Crippen LogP contribution in [0.3, 0.4) is 0 Å². The number of rotatable bonds is 5. The van der Waals surface area contributed by atoms with Crippen molar-refractivity contribution in [3.05, 3.63) is 24.0 Å². The molecule has 4 nitrogen and oxygen atoms in total. The molecule has 0 bridgehead atoms. The molecule has 0 aliphatic heterocycles. The number of carbonyl (C=O) groups is 1. The SMILES string of the molecule is CCOc1cncc(C(=O)C(C)OC)c1. The van der Waals surface area contributed by atoms with E-state index in [0.717, 1.165) is 0 Å². The molecule has 0 aliphatic carbocycles. The summed E-state index contributed by atoms with van der Waals surface area (Å²) in [6.45, 7) is 4.14. The van der Waals surface area contributed by atoms with Gasteiger partial charge in [-0.05, 0) is 19.9 Å². The Balaban J connectivity index is 2.85. The molecule has 1 heterocycles. The number of pyridine rings is 1. The van der Waals surface area contributed by atoms with Crippen molar-refractivity contribution < 1.29 is 14.3 Å². The molecule has 1 aromatic rings. The van der Waals surface area contributed by atoms with Crippen molar-refractivity contribution in [2.75, 3.05) is 13.7 Å². The molecule has 1 rings (SSSR count). The second kappa shape index (κ2) is 5.46. The molecular formula is C11H15NO3. The third-order valence-electron chi connectivity index (χ3n) is 2.03. The predicted molar refractivity (Wildman–Crippen MR) is 56.2 cm³/mol. The summed E-state index contributed by atoms with van der Waals surface area (Å²) in [6, 6.07) is 1.67. The number of hydrogen-bond donors (Lipinski definition) is 0. The van der Waals surface area contributed by atoms with Gasteiger partial charge in [-0.3, -0.25) is 9.78 Å². The fraction of sp³-hybridized carbons (Fsp3) is 0.455. The van der Waals surface area contributed by atoms with Crippen LogP contribution < -0.4 is 4.74 Å². The molecule has 1 atom stereocenters. The molecule has 0 saturated heterocycles. The van der Waals surface area contributed by atoms with Crippen molar-refractivity contribution in [3.63, 3.8) is 0 Å². The first-order valence-electron chi connectivity index (χ1n) is 4.84. The van der Waals surface area contributed by atoms with Crippen LogP contribution in [0.4, 0.5) is 0 Å². The van der Waals surface area contributed by atoms with Gasteiger partial charge in [-0.15, -0.1) is 0 Å². The molecular weight excluding hydrogens is 194 g/mol. The Morgan fingerprint density at radius 1 is 1.53 bits per heavy atom. The molecule has 0 fully saturated rings. The summed E-state index contributed by atoms with van der Waals surface area (Å²) < 4.78 is 10.2. The molecule has 1 aromatic heterocycles. The molecule has 0 aromatic carbocycles. The quantitative estimate of drug-likeness (QED) is 0.692. The van der Waals surface area contributed by atoms with Crippen LogP contribution in [0.25, 0.3) is 0 Å². The summed E-state index contributed by atoms with van der Waals surface area (Å²) in [5.74, 6) is 0.512. The minimum absolute atomic E-state index is 0.0912. The van der Waals surface area contributed by atoms with Crippen molar-refractivity contribution in [3.8, 4) is 5.75 Å². The lowest BCUT2D eigenvalue weighted by Gasteiger charge is -2.09. The van der Waals surface area contributed by atoms with Gasteiger partial charge in [-0.1, -0.05) is 0 Å². The molecule has 0 radical (unpaired) electrons. The molecule has 0 N–H and O–H groups in total. The standard InChI is InChI=1S/C11H15NO3/c1-4-15-10-5-9(6-12-7-10)11(13)8(2)14-3/h5-8H,4H2,1-3H3. The normalized spacial score (nSPS) is 12.2. The van der Waals surface area contributed by atoms with Gasteiger partial charge in [0.2, 0.25) is 0 Å². The molecule has 82 valence electrons. The van der Waals surface area contributed by atoms with E-state index in [-0.39, 0.29) is 5.78 Å². The van der Waals surface area contributed by atoms with Crippen molar-refractivity contribution in [2.45, 2.75) is 20.0 Å². The van der Waals surface area contributed by atoms with E-state index in [1.54, 1.807) is 19.2 Å². The lowest BCUT2D eigenvalue weighted by atomic mass is 10.1. The van der Waals surface area contributed by atoms with Gasteiger partial charge >= 0.3 is 0 Å². The van der Waals surface area contributed by atoms with E-state index < -0.39 is 6.10 Å². The smallest absolute Gasteiger partial charge is 0.192 e. The van der Waals surface area contributed by atoms with E-state index in [1.807, 2.05) is 6.92 Å². The molecule has 0 spiro atoms. The topological polar surface area (TPSA) is 48.4 Å². The summed E-state index contributed by atoms with van der Waals surface area (Å²) in [5.41, 5.74) is 0.510. The van der Waals surface area contributed by atoms with Crippen LogP contribution in [0, 0.1) is 0 Å². The lowest BCUT2D eigenvalue weighted by molar-refractivity contribution is 0.0655. The van der Waals surface area contributed by atoms with Crippen molar-refractivity contribution >= 4 is 5.78 Å². The number of ketones is 1. The van der Waals surface area contributed by atoms with Crippen molar-refractivity contribution in [1.29, 1.82) is 0 Å². The van der Waals surface area contributed by atoms with Gasteiger partial charge in [0.25, 0.3) is 0 Å². The third-order valence-corrected chi connectivity index (χ3v) is 2.03. The number of aromatic nitrogens is 1. The van der Waals surface area contributed by atoms with Gasteiger partial charge in [0, 0.05) is 18.9 Å². The Bertz CT molecular complexity index is 338. The van der Waals surface area contributed by atoms with E-state index >= 15 is 0 Å². The van der Waals surface area contributed by atoms with E-state index in [9.17, 15) is 4.79 Å². The van der Waals surface area contributed by atoms with E-state index in [4.69, 9.17) is 9.47 Å². The lowest BCUT2D eigenvalue weighted by Crippen LogP contribution is -2.19. The van der Waals surface area contributed by atoms with Crippen LogP contribution in [0.2, 0.25) is 0 Å². The van der Waals surface area contributed by atoms with Gasteiger partial charge in [0.05, 0.1) is 12.8 Å². The number of Topliss-reactive ketones (excluding diaryl/α,β-unsaturated/α-hetero) is 1. The van der Waals surface area contributed by atoms with Crippen LogP contribution >= 0.6 is 0 Å². The van der Waals surface area contributed by atoms with Gasteiger partial charge in [-0.2, -0.15) is 0 Å². The van der Waals surface area contributed by atoms with Gasteiger partial charge in [0.15, 0.2) is 5.78 Å². The maximum atomic E-state index is 11.7. The number of nitrogens with zero attached hydrogens (tertiary/aromatic N) is 1. The maximum Gasteiger partial charge on any atom is 0.192 e. The molecule has 15 heavy (non-hydrogen) atoms. The zero-order chi connectivity index (χ0) is 11.3. The molecule has 4 heteroatoms. The summed E-state index contributed by atoms with van der Waals surface area (Å²) in [7, 11) is 1.50. The number of methoxy groups -OCH3 is 1. The van der Waals surface area contributed by atoms with Crippen LogP contribution in [-0.4, -0.2) is 30.6 Å². The minimum Gasteiger partial charge on any atom is -0.492 e. The zero-order valence-electron chi connectivity index (χ0n) is 9.19. The maximum absolute atomic E-state index is 11.7. The number of hydrogen-bond acceptors (Lipinski definition) is 4. The van der Waals surface area contributed by atoms with E-state index in [1.165, 1.54) is 13.3 Å². The highest BCUT2D eigenvalue weighted by Crippen LogP contribution is 2.13. The largest absolute Gasteiger partial charge is 0.492 e. The second-order valence-corrected chi connectivity index (χ2v) is 3.08. The summed E-state index contributed by atoms with van der Waals surface area (Å²) in [5, 5.41) is 0. The number of carbonyl (C=O) groups excluding carboxylic acids is 1. The monoisotopic (exact) mass is 209 g/mol. The zero-order valence-corrected chi connectivity index (χ0v) is 9.19. The molecule has 0 amide bonds. The average molecular weight is 209 g/mol. The van der Waals surface area contributed by atoms with Crippen LogP contribution in [0.1, 0.15) is 24.2 Å². The summed E-state index contributed by atoms with van der Waals surface area (Å²) in [6.07, 6.45) is 2.64. The summed E-state index contributed by atoms with van der Waals surface area (Å²) in [4.78, 5) is 15.7. The first kappa shape index (κ1) is 11.7. The van der Waals surface area contributed by atoms with Gasteiger partial charge in [0.1, 0.15) is 11.9 Å². The van der Waals surface area contributed by atoms with Crippen LogP contribution in [-0.2, 0) is 4.74 Å². The number of ether oxygens (including phenoxy) is 2. The van der Waals surface area contributed by atoms with Gasteiger partial charge in [-0.25, -0.2) is 0 Å². The summed E-state index contributed by atoms with van der Waals surface area (Å²) >= 11 is 0. The highest BCUT2D eigenvalue weighted by Gasteiger charge is 2.15. The van der Waals surface area contributed by atoms with Crippen LogP contribution in [0.15, 0.2) is 18.5 Å². The van der Waals surface area contributed by atoms with Crippen molar-refractivity contribution in [1.82, 2.24) is 4.98 Å². The van der Waals surface area contributed by atoms with Crippen LogP contribution in [0.5, 0.6) is 5.75 Å². The Hall–Kier alpha value is -1.42.